The normalized spacial score (nSPS) is 13.5. The Bertz CT molecular complexity index is 1100. The van der Waals surface area contributed by atoms with E-state index in [0.717, 1.165) is 37.2 Å². The summed E-state index contributed by atoms with van der Waals surface area (Å²) >= 11 is 1.24. The third-order valence-electron chi connectivity index (χ3n) is 5.07. The number of nitrogens with two attached hydrogens (primary N) is 1. The van der Waals surface area contributed by atoms with Gasteiger partial charge in [-0.05, 0) is 62.2 Å². The van der Waals surface area contributed by atoms with Gasteiger partial charge in [0.1, 0.15) is 15.7 Å². The number of amides is 2. The number of aryl methyl sites for hydroxylation is 1. The van der Waals surface area contributed by atoms with Gasteiger partial charge in [-0.15, -0.1) is 11.3 Å². The van der Waals surface area contributed by atoms with Crippen molar-refractivity contribution >= 4 is 34.5 Å². The van der Waals surface area contributed by atoms with Crippen molar-refractivity contribution in [1.29, 1.82) is 0 Å². The van der Waals surface area contributed by atoms with Gasteiger partial charge in [-0.25, -0.2) is 9.37 Å². The van der Waals surface area contributed by atoms with Gasteiger partial charge in [-0.3, -0.25) is 9.59 Å². The Morgan fingerprint density at radius 2 is 1.83 bits per heavy atom. The molecular weight excluding hydrogens is 403 g/mol. The molecular formula is C22H21FN4O2S. The van der Waals surface area contributed by atoms with E-state index in [4.69, 9.17) is 5.73 Å². The van der Waals surface area contributed by atoms with Crippen LogP contribution in [0.2, 0.25) is 0 Å². The molecule has 0 unspecified atom stereocenters. The molecule has 0 spiro atoms. The Morgan fingerprint density at radius 3 is 2.50 bits per heavy atom. The van der Waals surface area contributed by atoms with E-state index in [2.05, 4.69) is 15.2 Å². The second-order valence-corrected chi connectivity index (χ2v) is 8.18. The highest BCUT2D eigenvalue weighted by Gasteiger charge is 2.21. The predicted molar refractivity (Wildman–Crippen MR) is 117 cm³/mol. The molecule has 0 aliphatic carbocycles. The van der Waals surface area contributed by atoms with Gasteiger partial charge in [0.2, 0.25) is 5.91 Å². The van der Waals surface area contributed by atoms with E-state index in [-0.39, 0.29) is 11.7 Å². The lowest BCUT2D eigenvalue weighted by Crippen LogP contribution is -2.22. The standard InChI is InChI=1S/C22H21FN4O2S/c1-13-19(30-22(25-13)14-4-7-16(23)8-5-14)21(29)26-17-12-15(20(24)28)6-9-18(17)27-10-2-3-11-27/h4-9,12H,2-3,10-11H2,1H3,(H2,24,28)(H,26,29). The molecule has 3 aromatic rings. The zero-order valence-electron chi connectivity index (χ0n) is 16.4. The van der Waals surface area contributed by atoms with Crippen molar-refractivity contribution in [2.24, 2.45) is 5.73 Å². The summed E-state index contributed by atoms with van der Waals surface area (Å²) in [5.74, 6) is -1.18. The first-order valence-electron chi connectivity index (χ1n) is 9.66. The van der Waals surface area contributed by atoms with Crippen LogP contribution in [-0.2, 0) is 0 Å². The van der Waals surface area contributed by atoms with Gasteiger partial charge in [0.25, 0.3) is 5.91 Å². The number of hydrogen-bond acceptors (Lipinski definition) is 5. The van der Waals surface area contributed by atoms with Crippen LogP contribution in [-0.4, -0.2) is 29.9 Å². The van der Waals surface area contributed by atoms with Crippen LogP contribution in [0.1, 0.15) is 38.6 Å². The summed E-state index contributed by atoms with van der Waals surface area (Å²) in [7, 11) is 0. The molecule has 154 valence electrons. The maximum atomic E-state index is 13.2. The second kappa shape index (κ2) is 8.23. The number of anilines is 2. The Kier molecular flexibility index (Phi) is 5.50. The van der Waals surface area contributed by atoms with Crippen molar-refractivity contribution in [3.8, 4) is 10.6 Å². The van der Waals surface area contributed by atoms with E-state index in [9.17, 15) is 14.0 Å². The number of thiazole rings is 1. The molecule has 0 atom stereocenters. The number of hydrogen-bond donors (Lipinski definition) is 2. The first-order chi connectivity index (χ1) is 14.4. The van der Waals surface area contributed by atoms with Crippen LogP contribution in [0, 0.1) is 12.7 Å². The van der Waals surface area contributed by atoms with Crippen LogP contribution >= 0.6 is 11.3 Å². The number of primary amides is 1. The monoisotopic (exact) mass is 424 g/mol. The summed E-state index contributed by atoms with van der Waals surface area (Å²) < 4.78 is 13.2. The maximum Gasteiger partial charge on any atom is 0.267 e. The van der Waals surface area contributed by atoms with Crippen molar-refractivity contribution in [3.63, 3.8) is 0 Å². The molecule has 1 aliphatic heterocycles. The minimum atomic E-state index is -0.550. The van der Waals surface area contributed by atoms with E-state index in [1.54, 1.807) is 31.2 Å². The average Bonchev–Trinajstić information content (AvgIpc) is 3.38. The Balaban J connectivity index is 1.64. The van der Waals surface area contributed by atoms with E-state index < -0.39 is 5.91 Å². The molecule has 2 heterocycles. The summed E-state index contributed by atoms with van der Waals surface area (Å²) in [6, 6.07) is 11.1. The number of nitrogens with one attached hydrogen (secondary N) is 1. The minimum Gasteiger partial charge on any atom is -0.370 e. The van der Waals surface area contributed by atoms with Crippen LogP contribution in [0.3, 0.4) is 0 Å². The first-order valence-corrected chi connectivity index (χ1v) is 10.5. The van der Waals surface area contributed by atoms with Gasteiger partial charge in [0.15, 0.2) is 0 Å². The molecule has 2 amide bonds. The van der Waals surface area contributed by atoms with Crippen molar-refractivity contribution in [2.45, 2.75) is 19.8 Å². The summed E-state index contributed by atoms with van der Waals surface area (Å²) in [5, 5.41) is 3.58. The fourth-order valence-electron chi connectivity index (χ4n) is 3.53. The SMILES string of the molecule is Cc1nc(-c2ccc(F)cc2)sc1C(=O)Nc1cc(C(N)=O)ccc1N1CCCC1. The van der Waals surface area contributed by atoms with Crippen LogP contribution in [0.25, 0.3) is 10.6 Å². The molecule has 2 aromatic carbocycles. The number of carbonyl (C=O) groups excluding carboxylic acids is 2. The number of nitrogens with zero attached hydrogens (tertiary/aromatic N) is 2. The van der Waals surface area contributed by atoms with Gasteiger partial charge in [0.05, 0.1) is 17.1 Å². The van der Waals surface area contributed by atoms with Gasteiger partial charge in [0, 0.05) is 24.2 Å². The summed E-state index contributed by atoms with van der Waals surface area (Å²) in [6.45, 7) is 3.56. The Morgan fingerprint density at radius 1 is 1.13 bits per heavy atom. The number of rotatable bonds is 5. The molecule has 4 rings (SSSR count). The minimum absolute atomic E-state index is 0.305. The molecule has 30 heavy (non-hydrogen) atoms. The molecule has 8 heteroatoms. The smallest absolute Gasteiger partial charge is 0.267 e. The number of halogens is 1. The van der Waals surface area contributed by atoms with Gasteiger partial charge < -0.3 is 16.0 Å². The summed E-state index contributed by atoms with van der Waals surface area (Å²) in [6.07, 6.45) is 2.17. The molecule has 1 saturated heterocycles. The van der Waals surface area contributed by atoms with Crippen molar-refractivity contribution < 1.29 is 14.0 Å². The fraction of sp³-hybridized carbons (Fsp3) is 0.227. The third-order valence-corrected chi connectivity index (χ3v) is 6.28. The molecule has 3 N–H and O–H groups in total. The predicted octanol–water partition coefficient (Wildman–Crippen LogP) is 4.21. The molecule has 1 fully saturated rings. The van der Waals surface area contributed by atoms with Crippen LogP contribution < -0.4 is 16.0 Å². The zero-order valence-corrected chi connectivity index (χ0v) is 17.3. The molecule has 1 aliphatic rings. The Hall–Kier alpha value is -3.26. The summed E-state index contributed by atoms with van der Waals surface area (Å²) in [5.41, 5.74) is 8.52. The van der Waals surface area contributed by atoms with E-state index in [0.29, 0.717) is 26.8 Å². The van der Waals surface area contributed by atoms with Crippen molar-refractivity contribution in [2.75, 3.05) is 23.3 Å². The first kappa shape index (κ1) is 20.0. The van der Waals surface area contributed by atoms with Crippen LogP contribution in [0.5, 0.6) is 0 Å². The maximum absolute atomic E-state index is 13.2. The lowest BCUT2D eigenvalue weighted by atomic mass is 10.1. The number of carbonyl (C=O) groups is 2. The molecule has 1 aromatic heterocycles. The third kappa shape index (κ3) is 4.04. The topological polar surface area (TPSA) is 88.3 Å². The molecule has 0 saturated carbocycles. The molecule has 6 nitrogen and oxygen atoms in total. The largest absolute Gasteiger partial charge is 0.370 e. The highest BCUT2D eigenvalue weighted by Crippen LogP contribution is 2.32. The van der Waals surface area contributed by atoms with E-state index in [1.165, 1.54) is 23.5 Å². The lowest BCUT2D eigenvalue weighted by molar-refractivity contribution is 0.0996. The molecule has 0 radical (unpaired) electrons. The summed E-state index contributed by atoms with van der Waals surface area (Å²) in [4.78, 5) is 31.8. The van der Waals surface area contributed by atoms with E-state index in [1.807, 2.05) is 6.07 Å². The second-order valence-electron chi connectivity index (χ2n) is 7.18. The highest BCUT2D eigenvalue weighted by molar-refractivity contribution is 7.17. The van der Waals surface area contributed by atoms with E-state index >= 15 is 0 Å². The van der Waals surface area contributed by atoms with Gasteiger partial charge in [-0.1, -0.05) is 0 Å². The van der Waals surface area contributed by atoms with Gasteiger partial charge >= 0.3 is 0 Å². The van der Waals surface area contributed by atoms with Gasteiger partial charge in [-0.2, -0.15) is 0 Å². The molecule has 0 bridgehead atoms. The quantitative estimate of drug-likeness (QED) is 0.642. The fourth-order valence-corrected chi connectivity index (χ4v) is 4.49. The number of benzene rings is 2. The zero-order chi connectivity index (χ0) is 21.3. The highest BCUT2D eigenvalue weighted by atomic mass is 32.1. The van der Waals surface area contributed by atoms with Crippen LogP contribution in [0.15, 0.2) is 42.5 Å². The average molecular weight is 425 g/mol. The van der Waals surface area contributed by atoms with Crippen LogP contribution in [0.4, 0.5) is 15.8 Å². The number of aromatic nitrogens is 1. The lowest BCUT2D eigenvalue weighted by Gasteiger charge is -2.22. The van der Waals surface area contributed by atoms with Crippen molar-refractivity contribution in [3.05, 3.63) is 64.4 Å². The van der Waals surface area contributed by atoms with Crippen molar-refractivity contribution in [1.82, 2.24) is 4.98 Å². The Labute approximate surface area is 177 Å².